The Hall–Kier alpha value is -1.31. The summed E-state index contributed by atoms with van der Waals surface area (Å²) in [6.45, 7) is 4.12. The molecule has 0 spiro atoms. The number of anilines is 1. The van der Waals surface area contributed by atoms with Gasteiger partial charge >= 0.3 is 0 Å². The predicted molar refractivity (Wildman–Crippen MR) is 46.7 cm³/mol. The van der Waals surface area contributed by atoms with Crippen molar-refractivity contribution >= 4 is 11.4 Å². The van der Waals surface area contributed by atoms with E-state index in [2.05, 4.69) is 23.5 Å². The molecule has 0 aromatic heterocycles. The number of nitrogens with one attached hydrogen (secondary N) is 1. The molecule has 1 aromatic rings. The van der Waals surface area contributed by atoms with Gasteiger partial charge in [-0.05, 0) is 18.6 Å². The summed E-state index contributed by atoms with van der Waals surface area (Å²) in [6.07, 6.45) is 0. The first-order chi connectivity index (χ1) is 5.29. The maximum absolute atomic E-state index is 4.13. The van der Waals surface area contributed by atoms with Gasteiger partial charge in [-0.15, -0.1) is 0 Å². The van der Waals surface area contributed by atoms with Crippen LogP contribution in [0.5, 0.6) is 0 Å². The van der Waals surface area contributed by atoms with Crippen LogP contribution in [0.25, 0.3) is 0 Å². The van der Waals surface area contributed by atoms with E-state index in [1.54, 1.807) is 0 Å². The van der Waals surface area contributed by atoms with Gasteiger partial charge in [-0.1, -0.05) is 17.6 Å². The van der Waals surface area contributed by atoms with Gasteiger partial charge in [-0.2, -0.15) is 0 Å². The van der Waals surface area contributed by atoms with Crippen LogP contribution in [0.2, 0.25) is 0 Å². The van der Waals surface area contributed by atoms with Crippen molar-refractivity contribution < 1.29 is 0 Å². The molecule has 2 rings (SSSR count). The van der Waals surface area contributed by atoms with Crippen LogP contribution in [0.3, 0.4) is 0 Å². The number of aryl methyl sites for hydroxylation is 1. The Morgan fingerprint density at radius 3 is 2.82 bits per heavy atom. The zero-order chi connectivity index (χ0) is 7.84. The molecule has 0 saturated heterocycles. The highest BCUT2D eigenvalue weighted by molar-refractivity contribution is 6.06. The minimum atomic E-state index is 1.08. The van der Waals surface area contributed by atoms with Crippen LogP contribution >= 0.6 is 0 Å². The van der Waals surface area contributed by atoms with Gasteiger partial charge in [-0.3, -0.25) is 0 Å². The fourth-order valence-corrected chi connectivity index (χ4v) is 1.44. The van der Waals surface area contributed by atoms with Crippen molar-refractivity contribution in [3.05, 3.63) is 29.3 Å². The molecule has 0 saturated carbocycles. The van der Waals surface area contributed by atoms with Crippen LogP contribution in [0, 0.1) is 6.92 Å². The summed E-state index contributed by atoms with van der Waals surface area (Å²) in [5.74, 6) is 0. The molecule has 1 aliphatic heterocycles. The fraction of sp³-hybridized carbons (Fsp3) is 0.222. The molecule has 0 atom stereocenters. The third kappa shape index (κ3) is 0.827. The van der Waals surface area contributed by atoms with Gasteiger partial charge in [0.15, 0.2) is 5.10 Å². The Balaban J connectivity index is 2.67. The van der Waals surface area contributed by atoms with Gasteiger partial charge in [0.25, 0.3) is 5.71 Å². The lowest BCUT2D eigenvalue weighted by Gasteiger charge is -1.95. The lowest BCUT2D eigenvalue weighted by Crippen LogP contribution is -1.99. The van der Waals surface area contributed by atoms with Gasteiger partial charge in [0.1, 0.15) is 5.69 Å². The summed E-state index contributed by atoms with van der Waals surface area (Å²) in [4.78, 5) is 0. The number of hydrogen-bond acceptors (Lipinski definition) is 2. The number of benzene rings is 1. The van der Waals surface area contributed by atoms with Crippen LogP contribution in [-0.2, 0) is 0 Å². The molecule has 1 aromatic carbocycles. The molecule has 0 bridgehead atoms. The second-order valence-corrected chi connectivity index (χ2v) is 2.81. The molecule has 2 heteroatoms. The van der Waals surface area contributed by atoms with Crippen molar-refractivity contribution in [2.45, 2.75) is 13.8 Å². The van der Waals surface area contributed by atoms with Crippen LogP contribution in [-0.4, -0.2) is 5.71 Å². The van der Waals surface area contributed by atoms with Gasteiger partial charge in [0.05, 0.1) is 5.56 Å². The second-order valence-electron chi connectivity index (χ2n) is 2.81. The summed E-state index contributed by atoms with van der Waals surface area (Å²) in [5.41, 5.74) is 7.73. The Labute approximate surface area is 65.9 Å². The van der Waals surface area contributed by atoms with E-state index < -0.39 is 0 Å². The Morgan fingerprint density at radius 2 is 2.09 bits per heavy atom. The van der Waals surface area contributed by atoms with Crippen LogP contribution in [0.1, 0.15) is 18.1 Å². The number of nitrogens with zero attached hydrogens (tertiary/aromatic N) is 1. The van der Waals surface area contributed by atoms with Crippen molar-refractivity contribution in [1.29, 1.82) is 0 Å². The number of rotatable bonds is 0. The van der Waals surface area contributed by atoms with E-state index in [1.807, 2.05) is 19.1 Å². The summed E-state index contributed by atoms with van der Waals surface area (Å²) in [6, 6.07) is 6.18. The number of hydrazone groups is 1. The summed E-state index contributed by atoms with van der Waals surface area (Å²) in [7, 11) is 0. The van der Waals surface area contributed by atoms with E-state index in [-0.39, 0.29) is 0 Å². The number of hydrogen-bond donors (Lipinski definition) is 1. The summed E-state index contributed by atoms with van der Waals surface area (Å²) < 4.78 is 0. The maximum atomic E-state index is 4.13. The number of fused-ring (bicyclic) bond motifs is 1. The normalized spacial score (nSPS) is 13.8. The van der Waals surface area contributed by atoms with Crippen molar-refractivity contribution in [2.24, 2.45) is 0 Å². The van der Waals surface area contributed by atoms with Crippen LogP contribution < -0.4 is 10.5 Å². The standard InChI is InChI=1S/C9H10N2/c1-6-4-3-5-8-9(6)7(2)10-11-8/h3-5,11H,1-2H3/q+1. The molecular formula is C9H10N2+. The van der Waals surface area contributed by atoms with Crippen molar-refractivity contribution in [1.82, 2.24) is 5.10 Å². The summed E-state index contributed by atoms with van der Waals surface area (Å²) in [5, 5.41) is 4.13. The largest absolute Gasteiger partial charge is 0.293 e. The zero-order valence-electron chi connectivity index (χ0n) is 6.68. The van der Waals surface area contributed by atoms with Gasteiger partial charge in [0, 0.05) is 6.92 Å². The first-order valence-electron chi connectivity index (χ1n) is 3.69. The molecule has 0 unspecified atom stereocenters. The minimum absolute atomic E-state index is 1.08. The molecule has 1 radical (unpaired) electrons. The van der Waals surface area contributed by atoms with Crippen molar-refractivity contribution in [3.63, 3.8) is 0 Å². The van der Waals surface area contributed by atoms with E-state index in [0.717, 1.165) is 11.4 Å². The topological polar surface area (TPSA) is 26.1 Å². The van der Waals surface area contributed by atoms with E-state index in [0.29, 0.717) is 0 Å². The third-order valence-electron chi connectivity index (χ3n) is 1.98. The molecule has 2 nitrogen and oxygen atoms in total. The minimum Gasteiger partial charge on any atom is -0.0998 e. The first kappa shape index (κ1) is 6.40. The van der Waals surface area contributed by atoms with E-state index in [1.165, 1.54) is 11.1 Å². The molecule has 55 valence electrons. The zero-order valence-corrected chi connectivity index (χ0v) is 6.68. The van der Waals surface area contributed by atoms with Gasteiger partial charge in [0.2, 0.25) is 0 Å². The van der Waals surface area contributed by atoms with Crippen LogP contribution in [0.4, 0.5) is 5.69 Å². The average Bonchev–Trinajstić information content (AvgIpc) is 2.34. The van der Waals surface area contributed by atoms with Crippen LogP contribution in [0.15, 0.2) is 18.2 Å². The average molecular weight is 146 g/mol. The highest BCUT2D eigenvalue weighted by Crippen LogP contribution is 2.21. The fourth-order valence-electron chi connectivity index (χ4n) is 1.44. The lowest BCUT2D eigenvalue weighted by atomic mass is 10.0. The molecule has 11 heavy (non-hydrogen) atoms. The first-order valence-corrected chi connectivity index (χ1v) is 3.69. The van der Waals surface area contributed by atoms with E-state index >= 15 is 0 Å². The van der Waals surface area contributed by atoms with Crippen molar-refractivity contribution in [3.8, 4) is 0 Å². The monoisotopic (exact) mass is 146 g/mol. The van der Waals surface area contributed by atoms with Gasteiger partial charge < -0.3 is 0 Å². The highest BCUT2D eigenvalue weighted by Gasteiger charge is 2.24. The molecule has 1 heterocycles. The second kappa shape index (κ2) is 2.09. The van der Waals surface area contributed by atoms with E-state index in [4.69, 9.17) is 0 Å². The molecular weight excluding hydrogens is 136 g/mol. The quantitative estimate of drug-likeness (QED) is 0.589. The molecule has 0 fully saturated rings. The summed E-state index contributed by atoms with van der Waals surface area (Å²) >= 11 is 0. The Morgan fingerprint density at radius 1 is 1.27 bits per heavy atom. The Kier molecular flexibility index (Phi) is 1.22. The van der Waals surface area contributed by atoms with Crippen molar-refractivity contribution in [2.75, 3.05) is 5.43 Å². The Bertz CT molecular complexity index is 326. The molecule has 1 N–H and O–H groups in total. The lowest BCUT2D eigenvalue weighted by molar-refractivity contribution is 1.23. The van der Waals surface area contributed by atoms with E-state index in [9.17, 15) is 0 Å². The smallest absolute Gasteiger partial charge is 0.0998 e. The highest BCUT2D eigenvalue weighted by atomic mass is 15.3. The molecule has 0 aliphatic carbocycles. The maximum Gasteiger partial charge on any atom is 0.293 e. The molecule has 1 aliphatic rings. The molecule has 0 amide bonds. The third-order valence-corrected chi connectivity index (χ3v) is 1.98. The van der Waals surface area contributed by atoms with Gasteiger partial charge in [-0.25, -0.2) is 0 Å². The SMILES string of the molecule is CC1=[N+]Nc2cccc(C)c21. The predicted octanol–water partition coefficient (Wildman–Crippen LogP) is 1.48.